The molecule has 1 saturated carbocycles. The summed E-state index contributed by atoms with van der Waals surface area (Å²) in [6.07, 6.45) is 4.74. The second kappa shape index (κ2) is 5.75. The fraction of sp³-hybridized carbons (Fsp3) is 0.909. The van der Waals surface area contributed by atoms with Crippen LogP contribution in [0.2, 0.25) is 0 Å². The first-order chi connectivity index (χ1) is 7.17. The molecule has 0 unspecified atom stereocenters. The molecule has 1 rings (SSSR count). The molecule has 0 spiro atoms. The summed E-state index contributed by atoms with van der Waals surface area (Å²) >= 11 is 1.92. The number of nitrogens with zero attached hydrogens (tertiary/aromatic N) is 1. The van der Waals surface area contributed by atoms with E-state index < -0.39 is 0 Å². The molecule has 0 saturated heterocycles. The second-order valence-electron chi connectivity index (χ2n) is 4.06. The van der Waals surface area contributed by atoms with E-state index >= 15 is 0 Å². The van der Waals surface area contributed by atoms with E-state index in [2.05, 4.69) is 11.6 Å². The van der Waals surface area contributed by atoms with Gasteiger partial charge in [-0.3, -0.25) is 4.79 Å². The zero-order chi connectivity index (χ0) is 11.3. The maximum absolute atomic E-state index is 11.7. The van der Waals surface area contributed by atoms with Crippen LogP contribution < -0.4 is 5.32 Å². The first kappa shape index (κ1) is 12.8. The average Bonchev–Trinajstić information content (AvgIpc) is 3.00. The van der Waals surface area contributed by atoms with Crippen molar-refractivity contribution in [1.29, 1.82) is 0 Å². The van der Waals surface area contributed by atoms with Gasteiger partial charge in [0.1, 0.15) is 0 Å². The molecule has 1 fully saturated rings. The van der Waals surface area contributed by atoms with Crippen LogP contribution in [0.15, 0.2) is 0 Å². The van der Waals surface area contributed by atoms with Crippen LogP contribution in [0.3, 0.4) is 0 Å². The van der Waals surface area contributed by atoms with Crippen LogP contribution >= 0.6 is 11.8 Å². The van der Waals surface area contributed by atoms with Crippen molar-refractivity contribution < 1.29 is 4.79 Å². The van der Waals surface area contributed by atoms with Crippen LogP contribution in [0.4, 0.5) is 0 Å². The van der Waals surface area contributed by atoms with Gasteiger partial charge in [-0.1, -0.05) is 0 Å². The zero-order valence-corrected chi connectivity index (χ0v) is 10.8. The van der Waals surface area contributed by atoms with Crippen molar-refractivity contribution in [3.63, 3.8) is 0 Å². The van der Waals surface area contributed by atoms with Crippen LogP contribution in [-0.4, -0.2) is 48.0 Å². The Morgan fingerprint density at radius 1 is 1.40 bits per heavy atom. The minimum absolute atomic E-state index is 0.219. The number of hydrogen-bond donors (Lipinski definition) is 1. The van der Waals surface area contributed by atoms with Gasteiger partial charge in [0.15, 0.2) is 0 Å². The van der Waals surface area contributed by atoms with Crippen molar-refractivity contribution >= 4 is 17.7 Å². The van der Waals surface area contributed by atoms with Gasteiger partial charge in [0.25, 0.3) is 0 Å². The van der Waals surface area contributed by atoms with Crippen LogP contribution in [0.1, 0.15) is 26.7 Å². The summed E-state index contributed by atoms with van der Waals surface area (Å²) in [4.78, 5) is 13.5. The van der Waals surface area contributed by atoms with Gasteiger partial charge in [0, 0.05) is 24.4 Å². The minimum atomic E-state index is 0.219. The Morgan fingerprint density at radius 2 is 2.00 bits per heavy atom. The molecule has 1 aliphatic carbocycles. The number of thioether (sulfide) groups is 1. The van der Waals surface area contributed by atoms with Gasteiger partial charge >= 0.3 is 0 Å². The van der Waals surface area contributed by atoms with E-state index in [0.717, 1.165) is 19.6 Å². The highest BCUT2D eigenvalue weighted by molar-refractivity contribution is 8.00. The molecular formula is C11H22N2OS. The van der Waals surface area contributed by atoms with Crippen molar-refractivity contribution in [2.75, 3.05) is 32.4 Å². The lowest BCUT2D eigenvalue weighted by molar-refractivity contribution is -0.129. The first-order valence-electron chi connectivity index (χ1n) is 5.71. The third kappa shape index (κ3) is 3.68. The number of nitrogens with one attached hydrogen (secondary N) is 1. The van der Waals surface area contributed by atoms with Crippen molar-refractivity contribution in [3.8, 4) is 0 Å². The van der Waals surface area contributed by atoms with Gasteiger partial charge in [-0.2, -0.15) is 11.8 Å². The lowest BCUT2D eigenvalue weighted by Gasteiger charge is -2.20. The molecule has 0 aromatic carbocycles. The highest BCUT2D eigenvalue weighted by Crippen LogP contribution is 2.46. The van der Waals surface area contributed by atoms with E-state index in [1.165, 1.54) is 12.8 Å². The fourth-order valence-electron chi connectivity index (χ4n) is 1.68. The molecule has 1 amide bonds. The Bertz CT molecular complexity index is 213. The zero-order valence-electron chi connectivity index (χ0n) is 10.0. The molecule has 0 aliphatic heterocycles. The van der Waals surface area contributed by atoms with E-state index in [0.29, 0.717) is 11.3 Å². The largest absolute Gasteiger partial charge is 0.342 e. The van der Waals surface area contributed by atoms with Gasteiger partial charge in [0.2, 0.25) is 5.91 Å². The standard InChI is InChI=1S/C11H22N2OS/c1-4-13(5-2)10(14)8-12-9-11(15-3)6-7-11/h12H,4-9H2,1-3H3. The quantitative estimate of drug-likeness (QED) is 0.716. The molecule has 4 heteroatoms. The normalized spacial score (nSPS) is 17.5. The van der Waals surface area contributed by atoms with Crippen LogP contribution in [0.5, 0.6) is 0 Å². The van der Waals surface area contributed by atoms with Crippen molar-refractivity contribution in [3.05, 3.63) is 0 Å². The van der Waals surface area contributed by atoms with Gasteiger partial charge in [-0.05, 0) is 32.9 Å². The Morgan fingerprint density at radius 3 is 2.40 bits per heavy atom. The highest BCUT2D eigenvalue weighted by Gasteiger charge is 2.41. The fourth-order valence-corrected chi connectivity index (χ4v) is 2.43. The molecule has 0 heterocycles. The van der Waals surface area contributed by atoms with E-state index in [9.17, 15) is 4.79 Å². The molecule has 1 aliphatic rings. The van der Waals surface area contributed by atoms with Crippen molar-refractivity contribution in [2.24, 2.45) is 0 Å². The first-order valence-corrected chi connectivity index (χ1v) is 6.93. The summed E-state index contributed by atoms with van der Waals surface area (Å²) in [6, 6.07) is 0. The molecule has 0 aromatic heterocycles. The molecule has 3 nitrogen and oxygen atoms in total. The van der Waals surface area contributed by atoms with E-state index in [-0.39, 0.29) is 5.91 Å². The van der Waals surface area contributed by atoms with Gasteiger partial charge < -0.3 is 10.2 Å². The van der Waals surface area contributed by atoms with Crippen LogP contribution in [0.25, 0.3) is 0 Å². The van der Waals surface area contributed by atoms with Crippen molar-refractivity contribution in [2.45, 2.75) is 31.4 Å². The maximum atomic E-state index is 11.7. The predicted molar refractivity (Wildman–Crippen MR) is 66.3 cm³/mol. The van der Waals surface area contributed by atoms with Crippen molar-refractivity contribution in [1.82, 2.24) is 10.2 Å². The summed E-state index contributed by atoms with van der Waals surface area (Å²) < 4.78 is 0.448. The van der Waals surface area contributed by atoms with E-state index in [4.69, 9.17) is 0 Å². The molecule has 0 bridgehead atoms. The SMILES string of the molecule is CCN(CC)C(=O)CNCC1(SC)CC1. The molecule has 0 radical (unpaired) electrons. The second-order valence-corrected chi connectivity index (χ2v) is 5.33. The molecule has 15 heavy (non-hydrogen) atoms. The van der Waals surface area contributed by atoms with E-state index in [1.807, 2.05) is 30.5 Å². The summed E-state index contributed by atoms with van der Waals surface area (Å²) in [6.45, 7) is 7.12. The predicted octanol–water partition coefficient (Wildman–Crippen LogP) is 1.34. The Hall–Kier alpha value is -0.220. The third-order valence-corrected chi connectivity index (χ3v) is 4.50. The molecule has 1 N–H and O–H groups in total. The van der Waals surface area contributed by atoms with Crippen LogP contribution in [0, 0.1) is 0 Å². The summed E-state index contributed by atoms with van der Waals surface area (Å²) in [5, 5.41) is 3.28. The average molecular weight is 230 g/mol. The molecule has 88 valence electrons. The van der Waals surface area contributed by atoms with Gasteiger partial charge in [-0.25, -0.2) is 0 Å². The number of rotatable bonds is 7. The summed E-state index contributed by atoms with van der Waals surface area (Å²) in [5.41, 5.74) is 0. The molecule has 0 aromatic rings. The monoisotopic (exact) mass is 230 g/mol. The Balaban J connectivity index is 2.16. The third-order valence-electron chi connectivity index (χ3n) is 3.08. The number of likely N-dealkylation sites (N-methyl/N-ethyl adjacent to an activating group) is 1. The van der Waals surface area contributed by atoms with Gasteiger partial charge in [-0.15, -0.1) is 0 Å². The summed E-state index contributed by atoms with van der Waals surface area (Å²) in [5.74, 6) is 0.219. The molecule has 0 atom stereocenters. The van der Waals surface area contributed by atoms with Crippen LogP contribution in [-0.2, 0) is 4.79 Å². The topological polar surface area (TPSA) is 32.3 Å². The lowest BCUT2D eigenvalue weighted by atomic mass is 10.4. The number of carbonyl (C=O) groups is 1. The van der Waals surface area contributed by atoms with Gasteiger partial charge in [0.05, 0.1) is 6.54 Å². The smallest absolute Gasteiger partial charge is 0.236 e. The lowest BCUT2D eigenvalue weighted by Crippen LogP contribution is -2.40. The highest BCUT2D eigenvalue weighted by atomic mass is 32.2. The minimum Gasteiger partial charge on any atom is -0.342 e. The Kier molecular flexibility index (Phi) is 4.93. The number of carbonyl (C=O) groups excluding carboxylic acids is 1. The number of hydrogen-bond acceptors (Lipinski definition) is 3. The maximum Gasteiger partial charge on any atom is 0.236 e. The number of amides is 1. The summed E-state index contributed by atoms with van der Waals surface area (Å²) in [7, 11) is 0. The molecular weight excluding hydrogens is 208 g/mol. The van der Waals surface area contributed by atoms with E-state index in [1.54, 1.807) is 0 Å². The Labute approximate surface area is 97.0 Å².